The number of ether oxygens (including phenoxy) is 1. The average molecular weight is 460 g/mol. The maximum Gasteiger partial charge on any atom is 0.338 e. The molecule has 0 radical (unpaired) electrons. The number of carbonyl (C=O) groups excluding carboxylic acids is 2. The van der Waals surface area contributed by atoms with Crippen molar-refractivity contribution in [3.8, 4) is 0 Å². The Kier molecular flexibility index (Phi) is 8.12. The predicted octanol–water partition coefficient (Wildman–Crippen LogP) is 5.00. The van der Waals surface area contributed by atoms with Gasteiger partial charge in [0.05, 0.1) is 30.8 Å². The molecule has 0 saturated carbocycles. The minimum absolute atomic E-state index is 0.0321. The number of hydrogen-bond acceptors (Lipinski definition) is 6. The van der Waals surface area contributed by atoms with Crippen LogP contribution >= 0.6 is 11.8 Å². The summed E-state index contributed by atoms with van der Waals surface area (Å²) in [6.07, 6.45) is 2.49. The SMILES string of the molecule is CCCN(CCC)C(=O)CC1=CSC2=NC(CC)=C(C(=O)OC)[C@@H](c3cccc(F)c3)N12. The summed E-state index contributed by atoms with van der Waals surface area (Å²) in [7, 11) is 1.33. The third-order valence-corrected chi connectivity index (χ3v) is 6.35. The van der Waals surface area contributed by atoms with Gasteiger partial charge < -0.3 is 14.5 Å². The van der Waals surface area contributed by atoms with Gasteiger partial charge in [-0.2, -0.15) is 0 Å². The van der Waals surface area contributed by atoms with Gasteiger partial charge in [0.25, 0.3) is 0 Å². The Balaban J connectivity index is 2.03. The number of amidine groups is 1. The molecule has 0 fully saturated rings. The highest BCUT2D eigenvalue weighted by atomic mass is 32.2. The third kappa shape index (κ3) is 4.90. The van der Waals surface area contributed by atoms with E-state index in [1.165, 1.54) is 31.0 Å². The van der Waals surface area contributed by atoms with E-state index >= 15 is 0 Å². The Morgan fingerprint density at radius 1 is 1.22 bits per heavy atom. The lowest BCUT2D eigenvalue weighted by Crippen LogP contribution is -2.39. The minimum atomic E-state index is -0.611. The molecule has 1 amide bonds. The monoisotopic (exact) mass is 459 g/mol. The van der Waals surface area contributed by atoms with Gasteiger partial charge in [0.15, 0.2) is 5.17 Å². The molecule has 2 heterocycles. The number of thioether (sulfide) groups is 1. The fourth-order valence-electron chi connectivity index (χ4n) is 4.07. The standard InChI is InChI=1S/C24H30FN3O3S/c1-5-11-27(12-6-2)20(29)14-18-15-32-24-26-19(7-3)21(23(30)31-4)22(28(18)24)16-9-8-10-17(25)13-16/h8-10,13,15,22H,5-7,11-12,14H2,1-4H3/t22-/m1/s1. The number of fused-ring (bicyclic) bond motifs is 1. The highest BCUT2D eigenvalue weighted by Gasteiger charge is 2.41. The Morgan fingerprint density at radius 3 is 2.53 bits per heavy atom. The van der Waals surface area contributed by atoms with Crippen LogP contribution in [0.25, 0.3) is 0 Å². The van der Waals surface area contributed by atoms with Crippen LogP contribution in [0.1, 0.15) is 58.1 Å². The van der Waals surface area contributed by atoms with E-state index < -0.39 is 12.0 Å². The highest BCUT2D eigenvalue weighted by Crippen LogP contribution is 2.45. The molecular formula is C24H30FN3O3S. The van der Waals surface area contributed by atoms with E-state index in [0.717, 1.165) is 18.5 Å². The molecule has 0 bridgehead atoms. The van der Waals surface area contributed by atoms with Gasteiger partial charge in [0, 0.05) is 18.8 Å². The topological polar surface area (TPSA) is 62.2 Å². The van der Waals surface area contributed by atoms with Crippen LogP contribution in [-0.4, -0.2) is 47.0 Å². The summed E-state index contributed by atoms with van der Waals surface area (Å²) < 4.78 is 19.3. The number of methoxy groups -OCH3 is 1. The van der Waals surface area contributed by atoms with Gasteiger partial charge in [0.1, 0.15) is 5.82 Å². The molecular weight excluding hydrogens is 429 g/mol. The number of allylic oxidation sites excluding steroid dienone is 1. The molecule has 0 unspecified atom stereocenters. The van der Waals surface area contributed by atoms with Crippen molar-refractivity contribution in [1.29, 1.82) is 0 Å². The van der Waals surface area contributed by atoms with E-state index in [9.17, 15) is 14.0 Å². The normalized spacial score (nSPS) is 17.7. The van der Waals surface area contributed by atoms with Gasteiger partial charge in [-0.3, -0.25) is 4.79 Å². The number of halogens is 1. The lowest BCUT2D eigenvalue weighted by atomic mass is 9.92. The second kappa shape index (κ2) is 10.8. The van der Waals surface area contributed by atoms with Crippen LogP contribution in [-0.2, 0) is 14.3 Å². The molecule has 1 aromatic carbocycles. The molecule has 0 aromatic heterocycles. The van der Waals surface area contributed by atoms with Crippen LogP contribution < -0.4 is 0 Å². The van der Waals surface area contributed by atoms with Gasteiger partial charge in [-0.1, -0.05) is 44.7 Å². The molecule has 0 N–H and O–H groups in total. The molecule has 0 aliphatic carbocycles. The van der Waals surface area contributed by atoms with Crippen LogP contribution in [0.2, 0.25) is 0 Å². The first kappa shape index (κ1) is 24.0. The number of hydrogen-bond donors (Lipinski definition) is 0. The molecule has 2 aliphatic rings. The summed E-state index contributed by atoms with van der Waals surface area (Å²) in [5.74, 6) is -0.857. The second-order valence-corrected chi connectivity index (χ2v) is 8.55. The zero-order valence-corrected chi connectivity index (χ0v) is 19.9. The third-order valence-electron chi connectivity index (χ3n) is 5.47. The fourth-order valence-corrected chi connectivity index (χ4v) is 5.01. The maximum absolute atomic E-state index is 14.2. The number of carbonyl (C=O) groups is 2. The summed E-state index contributed by atoms with van der Waals surface area (Å²) in [4.78, 5) is 34.4. The van der Waals surface area contributed by atoms with Crippen LogP contribution in [0.3, 0.4) is 0 Å². The van der Waals surface area contributed by atoms with E-state index in [1.807, 2.05) is 22.1 Å². The summed E-state index contributed by atoms with van der Waals surface area (Å²) in [5.41, 5.74) is 2.36. The van der Waals surface area contributed by atoms with Gasteiger partial charge in [-0.15, -0.1) is 0 Å². The quantitative estimate of drug-likeness (QED) is 0.486. The van der Waals surface area contributed by atoms with Crippen molar-refractivity contribution in [2.75, 3.05) is 20.2 Å². The maximum atomic E-state index is 14.2. The Morgan fingerprint density at radius 2 is 1.94 bits per heavy atom. The lowest BCUT2D eigenvalue weighted by Gasteiger charge is -2.37. The largest absolute Gasteiger partial charge is 0.466 e. The molecule has 1 aromatic rings. The first-order valence-electron chi connectivity index (χ1n) is 11.0. The van der Waals surface area contributed by atoms with Gasteiger partial charge >= 0.3 is 5.97 Å². The van der Waals surface area contributed by atoms with E-state index in [2.05, 4.69) is 13.8 Å². The summed E-state index contributed by atoms with van der Waals surface area (Å²) in [6.45, 7) is 7.43. The molecule has 0 saturated heterocycles. The molecule has 8 heteroatoms. The Bertz CT molecular complexity index is 967. The molecule has 3 rings (SSSR count). The summed E-state index contributed by atoms with van der Waals surface area (Å²) in [5, 5.41) is 2.59. The molecule has 32 heavy (non-hydrogen) atoms. The van der Waals surface area contributed by atoms with Gasteiger partial charge in [-0.05, 0) is 42.4 Å². The highest BCUT2D eigenvalue weighted by molar-refractivity contribution is 8.16. The number of esters is 1. The minimum Gasteiger partial charge on any atom is -0.466 e. The van der Waals surface area contributed by atoms with Crippen molar-refractivity contribution in [1.82, 2.24) is 9.80 Å². The van der Waals surface area contributed by atoms with Crippen LogP contribution in [0.4, 0.5) is 4.39 Å². The molecule has 2 aliphatic heterocycles. The van der Waals surface area contributed by atoms with Crippen molar-refractivity contribution in [2.45, 2.75) is 52.5 Å². The zero-order chi connectivity index (χ0) is 23.3. The molecule has 1 atom stereocenters. The summed E-state index contributed by atoms with van der Waals surface area (Å²) in [6, 6.07) is 5.59. The Labute approximate surface area is 193 Å². The number of amides is 1. The zero-order valence-electron chi connectivity index (χ0n) is 19.1. The number of aliphatic imine (C=N–C) groups is 1. The van der Waals surface area contributed by atoms with Crippen molar-refractivity contribution < 1.29 is 18.7 Å². The molecule has 172 valence electrons. The van der Waals surface area contributed by atoms with Crippen molar-refractivity contribution in [3.05, 3.63) is 58.0 Å². The predicted molar refractivity (Wildman–Crippen MR) is 125 cm³/mol. The van der Waals surface area contributed by atoms with Crippen molar-refractivity contribution >= 4 is 28.8 Å². The summed E-state index contributed by atoms with van der Waals surface area (Å²) >= 11 is 1.42. The van der Waals surface area contributed by atoms with Crippen LogP contribution in [0.15, 0.2) is 51.6 Å². The smallest absolute Gasteiger partial charge is 0.338 e. The first-order chi connectivity index (χ1) is 15.4. The first-order valence-corrected chi connectivity index (χ1v) is 11.9. The van der Waals surface area contributed by atoms with Crippen molar-refractivity contribution in [2.24, 2.45) is 4.99 Å². The number of benzene rings is 1. The molecule has 6 nitrogen and oxygen atoms in total. The van der Waals surface area contributed by atoms with Crippen molar-refractivity contribution in [3.63, 3.8) is 0 Å². The molecule has 0 spiro atoms. The van der Waals surface area contributed by atoms with E-state index in [4.69, 9.17) is 9.73 Å². The van der Waals surface area contributed by atoms with E-state index in [-0.39, 0.29) is 18.1 Å². The van der Waals surface area contributed by atoms with E-state index in [0.29, 0.717) is 41.5 Å². The lowest BCUT2D eigenvalue weighted by molar-refractivity contribution is -0.136. The van der Waals surface area contributed by atoms with E-state index in [1.54, 1.807) is 12.1 Å². The second-order valence-electron chi connectivity index (χ2n) is 7.71. The Hall–Kier alpha value is -2.61. The van der Waals surface area contributed by atoms with Crippen LogP contribution in [0, 0.1) is 5.82 Å². The number of rotatable bonds is 9. The van der Waals surface area contributed by atoms with Gasteiger partial charge in [0.2, 0.25) is 5.91 Å². The van der Waals surface area contributed by atoms with Gasteiger partial charge in [-0.25, -0.2) is 14.2 Å². The average Bonchev–Trinajstić information content (AvgIpc) is 3.19. The fraction of sp³-hybridized carbons (Fsp3) is 0.458. The number of nitrogens with zero attached hydrogens (tertiary/aromatic N) is 3. The van der Waals surface area contributed by atoms with Crippen LogP contribution in [0.5, 0.6) is 0 Å².